The molecular formula is C27H20O2. The number of aldehydes is 2. The maximum absolute atomic E-state index is 12.2. The zero-order chi connectivity index (χ0) is 19.6. The third kappa shape index (κ3) is 2.06. The average molecular weight is 376 g/mol. The van der Waals surface area contributed by atoms with E-state index in [4.69, 9.17) is 0 Å². The lowest BCUT2D eigenvalue weighted by Crippen LogP contribution is -2.37. The van der Waals surface area contributed by atoms with E-state index in [2.05, 4.69) is 48.5 Å². The lowest BCUT2D eigenvalue weighted by Gasteiger charge is -2.44. The van der Waals surface area contributed by atoms with Crippen LogP contribution in [-0.2, 0) is 18.3 Å². The van der Waals surface area contributed by atoms with Gasteiger partial charge in [-0.3, -0.25) is 9.59 Å². The highest BCUT2D eigenvalue weighted by molar-refractivity contribution is 6.02. The Balaban J connectivity index is 1.83. The molecule has 140 valence electrons. The lowest BCUT2D eigenvalue weighted by molar-refractivity contribution is 0.111. The van der Waals surface area contributed by atoms with Crippen molar-refractivity contribution in [2.24, 2.45) is 0 Å². The first-order valence-electron chi connectivity index (χ1n) is 10.3. The van der Waals surface area contributed by atoms with Gasteiger partial charge in [0.25, 0.3) is 0 Å². The van der Waals surface area contributed by atoms with Crippen molar-refractivity contribution in [1.82, 2.24) is 0 Å². The maximum Gasteiger partial charge on any atom is 0.150 e. The van der Waals surface area contributed by atoms with Gasteiger partial charge in [0.2, 0.25) is 0 Å². The minimum Gasteiger partial charge on any atom is -0.298 e. The largest absolute Gasteiger partial charge is 0.298 e. The van der Waals surface area contributed by atoms with Crippen LogP contribution in [0.5, 0.6) is 0 Å². The summed E-state index contributed by atoms with van der Waals surface area (Å²) in [5.41, 5.74) is 6.12. The van der Waals surface area contributed by atoms with Gasteiger partial charge in [0.05, 0.1) is 0 Å². The second-order valence-electron chi connectivity index (χ2n) is 8.41. The topological polar surface area (TPSA) is 34.1 Å². The second-order valence-corrected chi connectivity index (χ2v) is 8.41. The van der Waals surface area contributed by atoms with Crippen LogP contribution in [0.25, 0.3) is 21.5 Å². The quantitative estimate of drug-likeness (QED) is 0.415. The molecule has 0 aliphatic heterocycles. The molecule has 4 aromatic carbocycles. The molecule has 2 aliphatic rings. The van der Waals surface area contributed by atoms with Crippen molar-refractivity contribution in [2.75, 3.05) is 0 Å². The summed E-state index contributed by atoms with van der Waals surface area (Å²) < 4.78 is 0. The van der Waals surface area contributed by atoms with Crippen molar-refractivity contribution in [3.8, 4) is 0 Å². The Labute approximate surface area is 169 Å². The van der Waals surface area contributed by atoms with Crippen LogP contribution in [0.15, 0.2) is 60.7 Å². The fourth-order valence-electron chi connectivity index (χ4n) is 6.03. The Morgan fingerprint density at radius 1 is 0.621 bits per heavy atom. The Hall–Kier alpha value is -3.26. The van der Waals surface area contributed by atoms with Gasteiger partial charge >= 0.3 is 0 Å². The highest BCUT2D eigenvalue weighted by Gasteiger charge is 2.44. The fourth-order valence-corrected chi connectivity index (χ4v) is 6.03. The first-order valence-corrected chi connectivity index (χ1v) is 10.3. The molecule has 2 nitrogen and oxygen atoms in total. The van der Waals surface area contributed by atoms with Crippen LogP contribution in [0.4, 0.5) is 0 Å². The third-order valence-electron chi connectivity index (χ3n) is 7.18. The lowest BCUT2D eigenvalue weighted by atomic mass is 9.58. The standard InChI is InChI=1S/C27H20O2/c28-15-21-9-7-17-3-1-5-19-11-13-27(25(21)23(17)19)14-12-20-6-2-4-18-8-10-22(16-29)26(27)24(18)20/h1-10,15-16H,11-14H2. The van der Waals surface area contributed by atoms with Crippen molar-refractivity contribution in [2.45, 2.75) is 31.1 Å². The Kier molecular flexibility index (Phi) is 3.37. The molecule has 0 fully saturated rings. The molecule has 0 atom stereocenters. The van der Waals surface area contributed by atoms with Crippen molar-refractivity contribution in [3.63, 3.8) is 0 Å². The van der Waals surface area contributed by atoms with Crippen LogP contribution < -0.4 is 0 Å². The highest BCUT2D eigenvalue weighted by atomic mass is 16.1. The second kappa shape index (κ2) is 5.87. The molecule has 2 aliphatic carbocycles. The zero-order valence-electron chi connectivity index (χ0n) is 16.1. The Morgan fingerprint density at radius 2 is 1.10 bits per heavy atom. The number of carbonyl (C=O) groups excluding carboxylic acids is 2. The molecular weight excluding hydrogens is 356 g/mol. The van der Waals surface area contributed by atoms with Crippen LogP contribution in [-0.4, -0.2) is 12.6 Å². The van der Waals surface area contributed by atoms with E-state index in [0.717, 1.165) is 60.5 Å². The monoisotopic (exact) mass is 376 g/mol. The van der Waals surface area contributed by atoms with Crippen LogP contribution in [0.1, 0.15) is 55.8 Å². The molecule has 1 spiro atoms. The average Bonchev–Trinajstić information content (AvgIpc) is 2.78. The van der Waals surface area contributed by atoms with Gasteiger partial charge in [0.15, 0.2) is 0 Å². The van der Waals surface area contributed by atoms with Crippen molar-refractivity contribution in [3.05, 3.63) is 94.0 Å². The van der Waals surface area contributed by atoms with Gasteiger partial charge < -0.3 is 0 Å². The van der Waals surface area contributed by atoms with Crippen LogP contribution >= 0.6 is 0 Å². The summed E-state index contributed by atoms with van der Waals surface area (Å²) in [6.07, 6.45) is 5.78. The molecule has 4 aromatic rings. The minimum atomic E-state index is -0.297. The van der Waals surface area contributed by atoms with Gasteiger partial charge in [-0.05, 0) is 69.5 Å². The molecule has 0 N–H and O–H groups in total. The predicted octanol–water partition coefficient (Wildman–Crippen LogP) is 5.80. The van der Waals surface area contributed by atoms with Crippen molar-refractivity contribution < 1.29 is 9.59 Å². The number of hydrogen-bond acceptors (Lipinski definition) is 2. The van der Waals surface area contributed by atoms with Gasteiger partial charge in [-0.2, -0.15) is 0 Å². The first kappa shape index (κ1) is 16.7. The number of hydrogen-bond donors (Lipinski definition) is 0. The summed E-state index contributed by atoms with van der Waals surface area (Å²) in [4.78, 5) is 24.3. The van der Waals surface area contributed by atoms with Gasteiger partial charge in [0, 0.05) is 16.5 Å². The molecule has 2 heteroatoms. The van der Waals surface area contributed by atoms with E-state index in [1.165, 1.54) is 32.7 Å². The molecule has 0 unspecified atom stereocenters. The van der Waals surface area contributed by atoms with E-state index in [1.54, 1.807) is 0 Å². The molecule has 0 saturated carbocycles. The van der Waals surface area contributed by atoms with Gasteiger partial charge in [-0.25, -0.2) is 0 Å². The van der Waals surface area contributed by atoms with Gasteiger partial charge in [-0.1, -0.05) is 60.7 Å². The summed E-state index contributed by atoms with van der Waals surface area (Å²) in [7, 11) is 0. The molecule has 0 saturated heterocycles. The molecule has 0 heterocycles. The van der Waals surface area contributed by atoms with Crippen LogP contribution in [0, 0.1) is 0 Å². The number of carbonyl (C=O) groups is 2. The number of benzene rings is 4. The van der Waals surface area contributed by atoms with E-state index in [9.17, 15) is 9.59 Å². The van der Waals surface area contributed by atoms with E-state index in [1.807, 2.05) is 12.1 Å². The molecule has 0 amide bonds. The normalized spacial score (nSPS) is 16.3. The maximum atomic E-state index is 12.2. The summed E-state index contributed by atoms with van der Waals surface area (Å²) in [5, 5.41) is 4.80. The smallest absolute Gasteiger partial charge is 0.150 e. The number of rotatable bonds is 2. The SMILES string of the molecule is O=Cc1ccc2cccc3c2c1C1(CC3)CCc2cccc3ccc(C=O)c1c23. The summed E-state index contributed by atoms with van der Waals surface area (Å²) in [6, 6.07) is 20.9. The van der Waals surface area contributed by atoms with Crippen LogP contribution in [0.2, 0.25) is 0 Å². The van der Waals surface area contributed by atoms with Crippen molar-refractivity contribution in [1.29, 1.82) is 0 Å². The highest BCUT2D eigenvalue weighted by Crippen LogP contribution is 2.54. The third-order valence-corrected chi connectivity index (χ3v) is 7.18. The van der Waals surface area contributed by atoms with Crippen molar-refractivity contribution >= 4 is 34.1 Å². The van der Waals surface area contributed by atoms with Gasteiger partial charge in [-0.15, -0.1) is 0 Å². The molecule has 6 rings (SSSR count). The Bertz CT molecular complexity index is 1240. The number of aryl methyl sites for hydroxylation is 2. The summed E-state index contributed by atoms with van der Waals surface area (Å²) >= 11 is 0. The van der Waals surface area contributed by atoms with E-state index in [-0.39, 0.29) is 5.41 Å². The predicted molar refractivity (Wildman–Crippen MR) is 116 cm³/mol. The fraction of sp³-hybridized carbons (Fsp3) is 0.185. The van der Waals surface area contributed by atoms with E-state index < -0.39 is 0 Å². The molecule has 0 aromatic heterocycles. The van der Waals surface area contributed by atoms with Gasteiger partial charge in [0.1, 0.15) is 12.6 Å². The molecule has 0 radical (unpaired) electrons. The Morgan fingerprint density at radius 3 is 1.55 bits per heavy atom. The summed E-state index contributed by atoms with van der Waals surface area (Å²) in [6.45, 7) is 0. The molecule has 0 bridgehead atoms. The van der Waals surface area contributed by atoms with Crippen LogP contribution in [0.3, 0.4) is 0 Å². The minimum absolute atomic E-state index is 0.297. The summed E-state index contributed by atoms with van der Waals surface area (Å²) in [5.74, 6) is 0. The van der Waals surface area contributed by atoms with E-state index >= 15 is 0 Å². The first-order chi connectivity index (χ1) is 14.3. The van der Waals surface area contributed by atoms with E-state index in [0.29, 0.717) is 0 Å². The number of fused-ring (bicyclic) bond motifs is 2. The zero-order valence-corrected chi connectivity index (χ0v) is 16.1. The molecule has 29 heavy (non-hydrogen) atoms.